The molecule has 8 heteroatoms. The Kier molecular flexibility index (Phi) is 4.68. The van der Waals surface area contributed by atoms with Gasteiger partial charge < -0.3 is 19.7 Å². The van der Waals surface area contributed by atoms with E-state index in [0.717, 1.165) is 0 Å². The number of nitrogens with zero attached hydrogens (tertiary/aromatic N) is 2. The summed E-state index contributed by atoms with van der Waals surface area (Å²) in [5, 5.41) is 11.9. The summed E-state index contributed by atoms with van der Waals surface area (Å²) in [6.07, 6.45) is 1.24. The molecule has 1 aliphatic heterocycles. The van der Waals surface area contributed by atoms with E-state index in [-0.39, 0.29) is 18.4 Å². The van der Waals surface area contributed by atoms with Crippen LogP contribution in [-0.2, 0) is 4.79 Å². The lowest BCUT2D eigenvalue weighted by atomic mass is 9.99. The molecule has 4 rings (SSSR count). The fraction of sp³-hybridized carbons (Fsp3) is 0.250. The molecular formula is C20H18FN3O4. The maximum atomic E-state index is 13.1. The van der Waals surface area contributed by atoms with E-state index in [2.05, 4.69) is 10.3 Å². The monoisotopic (exact) mass is 383 g/mol. The lowest BCUT2D eigenvalue weighted by Gasteiger charge is -2.30. The number of carboxylic acids is 1. The Labute approximate surface area is 159 Å². The summed E-state index contributed by atoms with van der Waals surface area (Å²) in [7, 11) is 0. The van der Waals surface area contributed by atoms with Crippen molar-refractivity contribution in [3.63, 3.8) is 0 Å². The molecule has 1 saturated heterocycles. The third kappa shape index (κ3) is 3.66. The maximum absolute atomic E-state index is 13.1. The Morgan fingerprint density at radius 3 is 2.75 bits per heavy atom. The number of benzene rings is 2. The van der Waals surface area contributed by atoms with Crippen LogP contribution in [0.2, 0.25) is 0 Å². The minimum absolute atomic E-state index is 0.195. The van der Waals surface area contributed by atoms with Crippen molar-refractivity contribution in [1.29, 1.82) is 0 Å². The van der Waals surface area contributed by atoms with Gasteiger partial charge in [0.2, 0.25) is 5.89 Å². The van der Waals surface area contributed by atoms with Crippen LogP contribution >= 0.6 is 0 Å². The highest BCUT2D eigenvalue weighted by Gasteiger charge is 2.28. The molecule has 2 amide bonds. The molecule has 1 aliphatic rings. The van der Waals surface area contributed by atoms with Gasteiger partial charge in [0.25, 0.3) is 0 Å². The largest absolute Gasteiger partial charge is 0.481 e. The Morgan fingerprint density at radius 2 is 2.00 bits per heavy atom. The van der Waals surface area contributed by atoms with Gasteiger partial charge in [-0.2, -0.15) is 0 Å². The van der Waals surface area contributed by atoms with Gasteiger partial charge in [-0.05, 0) is 49.2 Å². The van der Waals surface area contributed by atoms with E-state index in [4.69, 9.17) is 9.52 Å². The fourth-order valence-corrected chi connectivity index (χ4v) is 3.28. The quantitative estimate of drug-likeness (QED) is 0.714. The van der Waals surface area contributed by atoms with Crippen molar-refractivity contribution >= 4 is 28.8 Å². The molecule has 0 radical (unpaired) electrons. The molecule has 0 aliphatic carbocycles. The second-order valence-corrected chi connectivity index (χ2v) is 6.76. The van der Waals surface area contributed by atoms with E-state index in [0.29, 0.717) is 47.6 Å². The number of likely N-dealkylation sites (tertiary alicyclic amines) is 1. The number of amides is 2. The van der Waals surface area contributed by atoms with E-state index in [9.17, 15) is 14.0 Å². The number of fused-ring (bicyclic) bond motifs is 1. The molecule has 1 unspecified atom stereocenters. The van der Waals surface area contributed by atoms with Crippen LogP contribution in [0.1, 0.15) is 12.8 Å². The van der Waals surface area contributed by atoms with Crippen molar-refractivity contribution in [3.05, 3.63) is 48.3 Å². The van der Waals surface area contributed by atoms with Gasteiger partial charge in [-0.1, -0.05) is 0 Å². The molecule has 1 atom stereocenters. The van der Waals surface area contributed by atoms with Crippen LogP contribution in [0.25, 0.3) is 22.6 Å². The van der Waals surface area contributed by atoms with E-state index in [1.165, 1.54) is 17.0 Å². The van der Waals surface area contributed by atoms with Gasteiger partial charge in [0.05, 0.1) is 5.92 Å². The SMILES string of the molecule is O=C(O)C1CCCN(C(=O)Nc2ccc3nc(-c4ccc(F)cc4)oc3c2)C1. The lowest BCUT2D eigenvalue weighted by molar-refractivity contribution is -0.143. The highest BCUT2D eigenvalue weighted by molar-refractivity contribution is 5.92. The molecule has 0 saturated carbocycles. The van der Waals surface area contributed by atoms with Crippen LogP contribution in [-0.4, -0.2) is 40.1 Å². The van der Waals surface area contributed by atoms with Gasteiger partial charge in [0, 0.05) is 30.4 Å². The number of piperidine rings is 1. The number of aliphatic carboxylic acids is 1. The molecule has 0 bridgehead atoms. The van der Waals surface area contributed by atoms with Gasteiger partial charge in [-0.3, -0.25) is 4.79 Å². The standard InChI is InChI=1S/C20H18FN3O4/c21-14-5-3-12(4-6-14)18-23-16-8-7-15(10-17(16)28-18)22-20(27)24-9-1-2-13(11-24)19(25)26/h3-8,10,13H,1-2,9,11H2,(H,22,27)(H,25,26). The molecule has 144 valence electrons. The highest BCUT2D eigenvalue weighted by Crippen LogP contribution is 2.27. The van der Waals surface area contributed by atoms with Crippen LogP contribution in [0.5, 0.6) is 0 Å². The van der Waals surface area contributed by atoms with Gasteiger partial charge in [0.1, 0.15) is 11.3 Å². The maximum Gasteiger partial charge on any atom is 0.321 e. The Balaban J connectivity index is 1.50. The number of urea groups is 1. The van der Waals surface area contributed by atoms with E-state index in [1.54, 1.807) is 30.3 Å². The van der Waals surface area contributed by atoms with Gasteiger partial charge >= 0.3 is 12.0 Å². The number of carbonyl (C=O) groups excluding carboxylic acids is 1. The van der Waals surface area contributed by atoms with Crippen molar-refractivity contribution in [2.75, 3.05) is 18.4 Å². The number of halogens is 1. The zero-order chi connectivity index (χ0) is 19.7. The first-order chi connectivity index (χ1) is 13.5. The zero-order valence-electron chi connectivity index (χ0n) is 14.9. The van der Waals surface area contributed by atoms with Gasteiger partial charge in [-0.25, -0.2) is 14.2 Å². The minimum Gasteiger partial charge on any atom is -0.481 e. The molecule has 2 heterocycles. The van der Waals surface area contributed by atoms with E-state index < -0.39 is 11.9 Å². The van der Waals surface area contributed by atoms with E-state index >= 15 is 0 Å². The van der Waals surface area contributed by atoms with Gasteiger partial charge in [0.15, 0.2) is 5.58 Å². The van der Waals surface area contributed by atoms with Crippen molar-refractivity contribution in [2.45, 2.75) is 12.8 Å². The summed E-state index contributed by atoms with van der Waals surface area (Å²) in [5.41, 5.74) is 2.27. The number of nitrogens with one attached hydrogen (secondary N) is 1. The molecule has 1 aromatic heterocycles. The number of anilines is 1. The molecule has 28 heavy (non-hydrogen) atoms. The number of hydrogen-bond acceptors (Lipinski definition) is 4. The third-order valence-electron chi connectivity index (χ3n) is 4.79. The zero-order valence-corrected chi connectivity index (χ0v) is 14.9. The van der Waals surface area contributed by atoms with Crippen molar-refractivity contribution in [1.82, 2.24) is 9.88 Å². The summed E-state index contributed by atoms with van der Waals surface area (Å²) in [5.74, 6) is -1.39. The summed E-state index contributed by atoms with van der Waals surface area (Å²) >= 11 is 0. The third-order valence-corrected chi connectivity index (χ3v) is 4.79. The Hall–Kier alpha value is -3.42. The normalized spacial score (nSPS) is 16.9. The predicted molar refractivity (Wildman–Crippen MR) is 100 cm³/mol. The number of rotatable bonds is 3. The Morgan fingerprint density at radius 1 is 1.21 bits per heavy atom. The van der Waals surface area contributed by atoms with Crippen LogP contribution in [0.3, 0.4) is 0 Å². The average molecular weight is 383 g/mol. The number of carbonyl (C=O) groups is 2. The molecule has 2 N–H and O–H groups in total. The molecule has 7 nitrogen and oxygen atoms in total. The lowest BCUT2D eigenvalue weighted by Crippen LogP contribution is -2.44. The van der Waals surface area contributed by atoms with Crippen LogP contribution in [0.15, 0.2) is 46.9 Å². The van der Waals surface area contributed by atoms with Crippen molar-refractivity contribution < 1.29 is 23.5 Å². The molecule has 3 aromatic rings. The summed E-state index contributed by atoms with van der Waals surface area (Å²) < 4.78 is 18.8. The second kappa shape index (κ2) is 7.30. The predicted octanol–water partition coefficient (Wildman–Crippen LogP) is 3.96. The van der Waals surface area contributed by atoms with Crippen LogP contribution in [0.4, 0.5) is 14.9 Å². The highest BCUT2D eigenvalue weighted by atomic mass is 19.1. The van der Waals surface area contributed by atoms with E-state index in [1.807, 2.05) is 0 Å². The molecular weight excluding hydrogens is 365 g/mol. The molecule has 0 spiro atoms. The topological polar surface area (TPSA) is 95.7 Å². The summed E-state index contributed by atoms with van der Waals surface area (Å²) in [6, 6.07) is 10.6. The average Bonchev–Trinajstić information content (AvgIpc) is 3.12. The number of oxazole rings is 1. The number of hydrogen-bond donors (Lipinski definition) is 2. The summed E-state index contributed by atoms with van der Waals surface area (Å²) in [6.45, 7) is 0.718. The second-order valence-electron chi connectivity index (χ2n) is 6.76. The number of aromatic nitrogens is 1. The summed E-state index contributed by atoms with van der Waals surface area (Å²) in [4.78, 5) is 29.5. The first-order valence-electron chi connectivity index (χ1n) is 8.95. The minimum atomic E-state index is -0.881. The van der Waals surface area contributed by atoms with Crippen LogP contribution < -0.4 is 5.32 Å². The van der Waals surface area contributed by atoms with Crippen LogP contribution in [0, 0.1) is 11.7 Å². The van der Waals surface area contributed by atoms with Crippen molar-refractivity contribution in [3.8, 4) is 11.5 Å². The first-order valence-corrected chi connectivity index (χ1v) is 8.95. The van der Waals surface area contributed by atoms with Crippen molar-refractivity contribution in [2.24, 2.45) is 5.92 Å². The van der Waals surface area contributed by atoms with Gasteiger partial charge in [-0.15, -0.1) is 0 Å². The first kappa shape index (κ1) is 18.0. The molecule has 2 aromatic carbocycles. The smallest absolute Gasteiger partial charge is 0.321 e. The Bertz CT molecular complexity index is 1030. The molecule has 1 fully saturated rings. The number of carboxylic acid groups (broad SMARTS) is 1. The fourth-order valence-electron chi connectivity index (χ4n) is 3.28.